The van der Waals surface area contributed by atoms with Crippen molar-refractivity contribution in [2.24, 2.45) is 5.73 Å². The van der Waals surface area contributed by atoms with Crippen LogP contribution in [-0.2, 0) is 0 Å². The molecule has 88 valence electrons. The van der Waals surface area contributed by atoms with Crippen molar-refractivity contribution in [2.75, 3.05) is 0 Å². The lowest BCUT2D eigenvalue weighted by atomic mass is 9.97. The molecule has 16 heavy (non-hydrogen) atoms. The van der Waals surface area contributed by atoms with Gasteiger partial charge in [-0.15, -0.1) is 0 Å². The molecule has 3 nitrogen and oxygen atoms in total. The number of halogens is 1. The fraction of sp³-hybridized carbons (Fsp3) is 0.417. The number of phenolic OH excluding ortho intramolecular Hbond substituents is 1. The van der Waals surface area contributed by atoms with Gasteiger partial charge in [0.15, 0.2) is 5.78 Å². The van der Waals surface area contributed by atoms with E-state index in [4.69, 9.17) is 17.3 Å². The van der Waals surface area contributed by atoms with Crippen LogP contribution >= 0.6 is 11.6 Å². The van der Waals surface area contributed by atoms with Crippen LogP contribution in [0.25, 0.3) is 0 Å². The molecule has 0 aliphatic heterocycles. The molecule has 0 heterocycles. The Kier molecular flexibility index (Phi) is 3.94. The second-order valence-electron chi connectivity index (χ2n) is 4.20. The molecule has 1 rings (SSSR count). The van der Waals surface area contributed by atoms with E-state index in [9.17, 15) is 9.90 Å². The summed E-state index contributed by atoms with van der Waals surface area (Å²) >= 11 is 6.04. The van der Waals surface area contributed by atoms with Gasteiger partial charge in [-0.3, -0.25) is 4.79 Å². The van der Waals surface area contributed by atoms with E-state index in [-0.39, 0.29) is 23.0 Å². The van der Waals surface area contributed by atoms with Crippen LogP contribution in [0.5, 0.6) is 5.75 Å². The van der Waals surface area contributed by atoms with Gasteiger partial charge in [0.25, 0.3) is 0 Å². The summed E-state index contributed by atoms with van der Waals surface area (Å²) in [7, 11) is 0. The highest BCUT2D eigenvalue weighted by atomic mass is 35.5. The van der Waals surface area contributed by atoms with Gasteiger partial charge < -0.3 is 10.8 Å². The topological polar surface area (TPSA) is 63.3 Å². The first-order valence-electron chi connectivity index (χ1n) is 5.16. The molecule has 0 radical (unpaired) electrons. The van der Waals surface area contributed by atoms with Gasteiger partial charge in [-0.25, -0.2) is 0 Å². The SMILES string of the molecule is CC(N)C(=O)c1cc(Cl)c(C(C)C)cc1O. The van der Waals surface area contributed by atoms with Gasteiger partial charge >= 0.3 is 0 Å². The van der Waals surface area contributed by atoms with E-state index in [0.717, 1.165) is 5.56 Å². The molecule has 0 saturated carbocycles. The van der Waals surface area contributed by atoms with Crippen molar-refractivity contribution in [3.8, 4) is 5.75 Å². The molecular weight excluding hydrogens is 226 g/mol. The van der Waals surface area contributed by atoms with Crippen LogP contribution in [-0.4, -0.2) is 16.9 Å². The number of Topliss-reactive ketones (excluding diaryl/α,β-unsaturated/α-hetero) is 1. The van der Waals surface area contributed by atoms with Gasteiger partial charge in [-0.05, 0) is 30.5 Å². The Morgan fingerprint density at radius 2 is 1.94 bits per heavy atom. The van der Waals surface area contributed by atoms with E-state index in [1.807, 2.05) is 13.8 Å². The molecule has 0 spiro atoms. The van der Waals surface area contributed by atoms with Crippen LogP contribution in [0.2, 0.25) is 5.02 Å². The molecule has 0 saturated heterocycles. The summed E-state index contributed by atoms with van der Waals surface area (Å²) in [6.07, 6.45) is 0. The second-order valence-corrected chi connectivity index (χ2v) is 4.61. The van der Waals surface area contributed by atoms with Crippen molar-refractivity contribution in [1.82, 2.24) is 0 Å². The number of carbonyl (C=O) groups is 1. The first kappa shape index (κ1) is 13.0. The van der Waals surface area contributed by atoms with Crippen molar-refractivity contribution in [3.05, 3.63) is 28.3 Å². The molecule has 1 aromatic carbocycles. The zero-order valence-corrected chi connectivity index (χ0v) is 10.4. The van der Waals surface area contributed by atoms with Crippen molar-refractivity contribution in [2.45, 2.75) is 32.7 Å². The highest BCUT2D eigenvalue weighted by Gasteiger charge is 2.18. The average molecular weight is 242 g/mol. The lowest BCUT2D eigenvalue weighted by Gasteiger charge is -2.12. The minimum atomic E-state index is -0.646. The first-order chi connectivity index (χ1) is 7.34. The van der Waals surface area contributed by atoms with Crippen molar-refractivity contribution < 1.29 is 9.90 Å². The van der Waals surface area contributed by atoms with Crippen LogP contribution in [0.15, 0.2) is 12.1 Å². The predicted octanol–water partition coefficient (Wildman–Crippen LogP) is 2.70. The van der Waals surface area contributed by atoms with Gasteiger partial charge in [0, 0.05) is 5.02 Å². The Labute approximate surface area is 100 Å². The van der Waals surface area contributed by atoms with Gasteiger partial charge in [0.2, 0.25) is 0 Å². The molecule has 1 atom stereocenters. The third-order valence-electron chi connectivity index (χ3n) is 2.42. The molecule has 1 unspecified atom stereocenters. The van der Waals surface area contributed by atoms with E-state index in [0.29, 0.717) is 5.02 Å². The highest BCUT2D eigenvalue weighted by molar-refractivity contribution is 6.32. The number of benzene rings is 1. The number of phenols is 1. The molecule has 0 bridgehead atoms. The minimum absolute atomic E-state index is 0.0598. The zero-order chi connectivity index (χ0) is 12.5. The quantitative estimate of drug-likeness (QED) is 0.800. The van der Waals surface area contributed by atoms with Gasteiger partial charge in [-0.2, -0.15) is 0 Å². The average Bonchev–Trinajstić information content (AvgIpc) is 2.19. The molecule has 0 aliphatic carbocycles. The maximum absolute atomic E-state index is 11.7. The summed E-state index contributed by atoms with van der Waals surface area (Å²) in [6, 6.07) is 2.37. The predicted molar refractivity (Wildman–Crippen MR) is 65.2 cm³/mol. The lowest BCUT2D eigenvalue weighted by Crippen LogP contribution is -2.26. The van der Waals surface area contributed by atoms with Crippen LogP contribution in [0, 0.1) is 0 Å². The fourth-order valence-electron chi connectivity index (χ4n) is 1.46. The molecule has 1 aromatic rings. The van der Waals surface area contributed by atoms with Crippen LogP contribution in [0.4, 0.5) is 0 Å². The van der Waals surface area contributed by atoms with Gasteiger partial charge in [0.05, 0.1) is 11.6 Å². The third-order valence-corrected chi connectivity index (χ3v) is 2.74. The summed E-state index contributed by atoms with van der Waals surface area (Å²) in [5.41, 5.74) is 6.49. The largest absolute Gasteiger partial charge is 0.507 e. The van der Waals surface area contributed by atoms with E-state index in [1.54, 1.807) is 6.92 Å². The van der Waals surface area contributed by atoms with E-state index >= 15 is 0 Å². The van der Waals surface area contributed by atoms with Crippen molar-refractivity contribution in [3.63, 3.8) is 0 Å². The Balaban J connectivity index is 3.26. The maximum Gasteiger partial charge on any atom is 0.182 e. The molecule has 0 fully saturated rings. The standard InChI is InChI=1S/C12H16ClNO2/c1-6(2)8-5-11(15)9(4-10(8)13)12(16)7(3)14/h4-7,15H,14H2,1-3H3. The molecular formula is C12H16ClNO2. The van der Waals surface area contributed by atoms with Crippen LogP contribution in [0.1, 0.15) is 42.6 Å². The van der Waals surface area contributed by atoms with Crippen molar-refractivity contribution in [1.29, 1.82) is 0 Å². The van der Waals surface area contributed by atoms with Crippen molar-refractivity contribution >= 4 is 17.4 Å². The Morgan fingerprint density at radius 3 is 2.38 bits per heavy atom. The number of carbonyl (C=O) groups excluding carboxylic acids is 1. The monoisotopic (exact) mass is 241 g/mol. The smallest absolute Gasteiger partial charge is 0.182 e. The number of nitrogens with two attached hydrogens (primary N) is 1. The Hall–Kier alpha value is -1.06. The minimum Gasteiger partial charge on any atom is -0.507 e. The molecule has 0 amide bonds. The molecule has 3 N–H and O–H groups in total. The third kappa shape index (κ3) is 2.54. The summed E-state index contributed by atoms with van der Waals surface area (Å²) in [5, 5.41) is 10.2. The normalized spacial score (nSPS) is 12.9. The number of hydrogen-bond acceptors (Lipinski definition) is 3. The fourth-order valence-corrected chi connectivity index (χ4v) is 1.84. The lowest BCUT2D eigenvalue weighted by molar-refractivity contribution is 0.0965. The Morgan fingerprint density at radius 1 is 1.38 bits per heavy atom. The van der Waals surface area contributed by atoms with Crippen LogP contribution < -0.4 is 5.73 Å². The number of rotatable bonds is 3. The first-order valence-corrected chi connectivity index (χ1v) is 5.54. The summed E-state index contributed by atoms with van der Waals surface area (Å²) in [5.74, 6) is -0.178. The maximum atomic E-state index is 11.7. The van der Waals surface area contributed by atoms with Gasteiger partial charge in [-0.1, -0.05) is 25.4 Å². The zero-order valence-electron chi connectivity index (χ0n) is 9.62. The Bertz CT molecular complexity index is 414. The van der Waals surface area contributed by atoms with Gasteiger partial charge in [0.1, 0.15) is 5.75 Å². The summed E-state index contributed by atoms with van der Waals surface area (Å²) in [4.78, 5) is 11.7. The van der Waals surface area contributed by atoms with E-state index < -0.39 is 6.04 Å². The number of ketones is 1. The highest BCUT2D eigenvalue weighted by Crippen LogP contribution is 2.31. The van der Waals surface area contributed by atoms with Crippen LogP contribution in [0.3, 0.4) is 0 Å². The molecule has 0 aromatic heterocycles. The molecule has 0 aliphatic rings. The van der Waals surface area contributed by atoms with E-state index in [1.165, 1.54) is 12.1 Å². The molecule has 4 heteroatoms. The number of hydrogen-bond donors (Lipinski definition) is 2. The van der Waals surface area contributed by atoms with E-state index in [2.05, 4.69) is 0 Å². The second kappa shape index (κ2) is 4.85. The summed E-state index contributed by atoms with van der Waals surface area (Å²) < 4.78 is 0. The summed E-state index contributed by atoms with van der Waals surface area (Å²) in [6.45, 7) is 5.51. The number of aromatic hydroxyl groups is 1.